The zero-order valence-corrected chi connectivity index (χ0v) is 11.3. The molecule has 1 aromatic rings. The Morgan fingerprint density at radius 2 is 1.36 bits per heavy atom. The van der Waals surface area contributed by atoms with Crippen molar-refractivity contribution in [2.24, 2.45) is 0 Å². The van der Waals surface area contributed by atoms with Crippen molar-refractivity contribution in [3.05, 3.63) is 46.4 Å². The molecular formula is C13H10F5NO3. The second-order valence-electron chi connectivity index (χ2n) is 4.47. The van der Waals surface area contributed by atoms with Gasteiger partial charge in [0.25, 0.3) is 0 Å². The van der Waals surface area contributed by atoms with Gasteiger partial charge < -0.3 is 10.4 Å². The van der Waals surface area contributed by atoms with Gasteiger partial charge in [0.15, 0.2) is 29.1 Å². The topological polar surface area (TPSA) is 66.4 Å². The number of ketones is 1. The monoisotopic (exact) mass is 323 g/mol. The Morgan fingerprint density at radius 1 is 0.955 bits per heavy atom. The van der Waals surface area contributed by atoms with Gasteiger partial charge in [0.05, 0.1) is 5.56 Å². The molecule has 0 radical (unpaired) electrons. The molecule has 0 atom stereocenters. The first-order valence-corrected chi connectivity index (χ1v) is 5.85. The molecule has 0 aliphatic carbocycles. The molecule has 1 rings (SSSR count). The molecule has 0 aromatic heterocycles. The van der Waals surface area contributed by atoms with Gasteiger partial charge in [-0.2, -0.15) is 0 Å². The van der Waals surface area contributed by atoms with Crippen LogP contribution in [0.4, 0.5) is 22.0 Å². The zero-order chi connectivity index (χ0) is 17.2. The van der Waals surface area contributed by atoms with Crippen LogP contribution < -0.4 is 5.32 Å². The van der Waals surface area contributed by atoms with E-state index in [1.165, 1.54) is 13.8 Å². The van der Waals surface area contributed by atoms with E-state index in [4.69, 9.17) is 5.11 Å². The van der Waals surface area contributed by atoms with Crippen molar-refractivity contribution in [2.75, 3.05) is 0 Å². The first-order valence-electron chi connectivity index (χ1n) is 5.85. The van der Waals surface area contributed by atoms with Gasteiger partial charge in [0.2, 0.25) is 5.82 Å². The largest absolute Gasteiger partial charge is 0.477 e. The Balaban J connectivity index is 3.43. The van der Waals surface area contributed by atoms with E-state index in [0.717, 1.165) is 0 Å². The summed E-state index contributed by atoms with van der Waals surface area (Å²) in [5.74, 6) is -14.9. The molecule has 2 N–H and O–H groups in total. The summed E-state index contributed by atoms with van der Waals surface area (Å²) in [4.78, 5) is 22.6. The van der Waals surface area contributed by atoms with E-state index in [1.54, 1.807) is 0 Å². The third kappa shape index (κ3) is 3.41. The zero-order valence-electron chi connectivity index (χ0n) is 11.3. The summed E-state index contributed by atoms with van der Waals surface area (Å²) in [7, 11) is 0. The Bertz CT molecular complexity index is 641. The first-order chi connectivity index (χ1) is 10.1. The average Bonchev–Trinajstić information content (AvgIpc) is 2.42. The summed E-state index contributed by atoms with van der Waals surface area (Å²) >= 11 is 0. The van der Waals surface area contributed by atoms with Crippen LogP contribution in [0.2, 0.25) is 0 Å². The van der Waals surface area contributed by atoms with Crippen molar-refractivity contribution in [1.29, 1.82) is 0 Å². The molecule has 4 nitrogen and oxygen atoms in total. The average molecular weight is 323 g/mol. The van der Waals surface area contributed by atoms with Crippen LogP contribution in [-0.2, 0) is 4.79 Å². The van der Waals surface area contributed by atoms with Gasteiger partial charge in [-0.25, -0.2) is 26.7 Å². The van der Waals surface area contributed by atoms with E-state index < -0.39 is 58.1 Å². The minimum atomic E-state index is -2.41. The maximum absolute atomic E-state index is 13.4. The van der Waals surface area contributed by atoms with Crippen molar-refractivity contribution in [1.82, 2.24) is 5.32 Å². The second kappa shape index (κ2) is 6.54. The number of nitrogens with one attached hydrogen (secondary N) is 1. The van der Waals surface area contributed by atoms with Crippen molar-refractivity contribution in [3.63, 3.8) is 0 Å². The molecule has 1 aromatic carbocycles. The molecule has 0 spiro atoms. The van der Waals surface area contributed by atoms with Gasteiger partial charge in [-0.3, -0.25) is 4.79 Å². The minimum absolute atomic E-state index is 0.251. The lowest BCUT2D eigenvalue weighted by Gasteiger charge is -2.10. The van der Waals surface area contributed by atoms with Crippen LogP contribution >= 0.6 is 0 Å². The number of hydrogen-bond acceptors (Lipinski definition) is 3. The fourth-order valence-electron chi connectivity index (χ4n) is 1.50. The van der Waals surface area contributed by atoms with Gasteiger partial charge in [-0.1, -0.05) is 0 Å². The third-order valence-corrected chi connectivity index (χ3v) is 2.41. The van der Waals surface area contributed by atoms with Crippen LogP contribution in [0.5, 0.6) is 0 Å². The number of allylic oxidation sites excluding steroid dienone is 1. The maximum Gasteiger partial charge on any atom is 0.352 e. The smallest absolute Gasteiger partial charge is 0.352 e. The SMILES string of the molecule is CC(C)N/C(=C\C(=O)c1c(F)c(F)c(F)c(F)c1F)C(=O)O. The highest BCUT2D eigenvalue weighted by Crippen LogP contribution is 2.23. The summed E-state index contributed by atoms with van der Waals surface area (Å²) in [5, 5.41) is 11.1. The fraction of sp³-hybridized carbons (Fsp3) is 0.231. The number of hydrogen-bond donors (Lipinski definition) is 2. The molecule has 22 heavy (non-hydrogen) atoms. The van der Waals surface area contributed by atoms with Crippen molar-refractivity contribution < 1.29 is 36.6 Å². The number of carbonyl (C=O) groups is 2. The van der Waals surface area contributed by atoms with Crippen molar-refractivity contribution >= 4 is 11.8 Å². The number of benzene rings is 1. The number of carboxylic acid groups (broad SMARTS) is 1. The summed E-state index contributed by atoms with van der Waals surface area (Å²) in [6, 6.07) is -0.452. The Kier molecular flexibility index (Phi) is 5.23. The van der Waals surface area contributed by atoms with E-state index in [2.05, 4.69) is 5.32 Å². The van der Waals surface area contributed by atoms with E-state index in [-0.39, 0.29) is 6.08 Å². The van der Waals surface area contributed by atoms with Crippen LogP contribution in [-0.4, -0.2) is 22.9 Å². The number of carboxylic acids is 1. The molecule has 0 aliphatic heterocycles. The number of aliphatic carboxylic acids is 1. The highest BCUT2D eigenvalue weighted by molar-refractivity contribution is 6.08. The molecule has 0 saturated carbocycles. The highest BCUT2D eigenvalue weighted by atomic mass is 19.2. The number of halogens is 5. The number of carbonyl (C=O) groups excluding carboxylic acids is 1. The quantitative estimate of drug-likeness (QED) is 0.287. The minimum Gasteiger partial charge on any atom is -0.477 e. The van der Waals surface area contributed by atoms with E-state index >= 15 is 0 Å². The molecular weight excluding hydrogens is 313 g/mol. The normalized spacial score (nSPS) is 11.7. The summed E-state index contributed by atoms with van der Waals surface area (Å²) in [6.07, 6.45) is 0.251. The third-order valence-electron chi connectivity index (χ3n) is 2.41. The molecule has 0 amide bonds. The first kappa shape index (κ1) is 17.6. The van der Waals surface area contributed by atoms with Gasteiger partial charge in [-0.15, -0.1) is 0 Å². The molecule has 0 fully saturated rings. The number of rotatable bonds is 5. The molecule has 0 bridgehead atoms. The lowest BCUT2D eigenvalue weighted by molar-refractivity contribution is -0.133. The predicted molar refractivity (Wildman–Crippen MR) is 64.6 cm³/mol. The lowest BCUT2D eigenvalue weighted by atomic mass is 10.1. The molecule has 9 heteroatoms. The summed E-state index contributed by atoms with van der Waals surface area (Å²) in [5.41, 5.74) is -2.47. The molecule has 0 saturated heterocycles. The summed E-state index contributed by atoms with van der Waals surface area (Å²) < 4.78 is 65.7. The molecule has 0 unspecified atom stereocenters. The predicted octanol–water partition coefficient (Wildman–Crippen LogP) is 2.53. The van der Waals surface area contributed by atoms with Gasteiger partial charge in [-0.05, 0) is 13.8 Å². The molecule has 0 aliphatic rings. The molecule has 120 valence electrons. The lowest BCUT2D eigenvalue weighted by Crippen LogP contribution is -2.28. The van der Waals surface area contributed by atoms with Gasteiger partial charge in [0, 0.05) is 12.1 Å². The maximum atomic E-state index is 13.4. The standard InChI is InChI=1S/C13H10F5NO3/c1-4(2)19-5(13(21)22)3-6(20)7-8(14)10(16)12(18)11(17)9(7)15/h3-4,19H,1-2H3,(H,21,22)/b5-3-. The molecule has 0 heterocycles. The Labute approximate surface area is 121 Å². The fourth-order valence-corrected chi connectivity index (χ4v) is 1.50. The van der Waals surface area contributed by atoms with Crippen LogP contribution in [0, 0.1) is 29.1 Å². The van der Waals surface area contributed by atoms with E-state index in [9.17, 15) is 31.5 Å². The Morgan fingerprint density at radius 3 is 1.73 bits per heavy atom. The van der Waals surface area contributed by atoms with Crippen LogP contribution in [0.3, 0.4) is 0 Å². The van der Waals surface area contributed by atoms with Crippen molar-refractivity contribution in [2.45, 2.75) is 19.9 Å². The highest BCUT2D eigenvalue weighted by Gasteiger charge is 2.29. The van der Waals surface area contributed by atoms with Gasteiger partial charge in [0.1, 0.15) is 5.70 Å². The van der Waals surface area contributed by atoms with Gasteiger partial charge >= 0.3 is 5.97 Å². The Hall–Kier alpha value is -2.45. The van der Waals surface area contributed by atoms with Crippen LogP contribution in [0.1, 0.15) is 24.2 Å². The van der Waals surface area contributed by atoms with E-state index in [1.807, 2.05) is 0 Å². The summed E-state index contributed by atoms with van der Waals surface area (Å²) in [6.45, 7) is 3.03. The van der Waals surface area contributed by atoms with Crippen molar-refractivity contribution in [3.8, 4) is 0 Å². The second-order valence-corrected chi connectivity index (χ2v) is 4.47. The van der Waals surface area contributed by atoms with E-state index in [0.29, 0.717) is 0 Å². The van der Waals surface area contributed by atoms with Crippen LogP contribution in [0.25, 0.3) is 0 Å². The van der Waals surface area contributed by atoms with Crippen LogP contribution in [0.15, 0.2) is 11.8 Å².